The molecule has 1 atom stereocenters. The van der Waals surface area contributed by atoms with Crippen LogP contribution in [-0.2, 0) is 14.2 Å². The van der Waals surface area contributed by atoms with Crippen LogP contribution in [0.3, 0.4) is 0 Å². The summed E-state index contributed by atoms with van der Waals surface area (Å²) in [7, 11) is 1.63. The van der Waals surface area contributed by atoms with Crippen LogP contribution in [-0.4, -0.2) is 33.2 Å². The number of hydrogen-bond acceptors (Lipinski definition) is 3. The molecule has 0 bridgehead atoms. The van der Waals surface area contributed by atoms with Gasteiger partial charge >= 0.3 is 0 Å². The molecule has 0 radical (unpaired) electrons. The van der Waals surface area contributed by atoms with Gasteiger partial charge in [0.25, 0.3) is 0 Å². The van der Waals surface area contributed by atoms with Gasteiger partial charge in [0.2, 0.25) is 0 Å². The maximum Gasteiger partial charge on any atom is 0.146 e. The van der Waals surface area contributed by atoms with Crippen molar-refractivity contribution >= 4 is 0 Å². The fraction of sp³-hybridized carbons (Fsp3) is 1.00. The molecule has 1 aliphatic rings. The zero-order valence-corrected chi connectivity index (χ0v) is 7.04. The summed E-state index contributed by atoms with van der Waals surface area (Å²) in [6.45, 7) is 1.94. The maximum atomic E-state index is 5.44. The van der Waals surface area contributed by atoms with Gasteiger partial charge < -0.3 is 14.2 Å². The molecule has 0 aromatic rings. The summed E-state index contributed by atoms with van der Waals surface area (Å²) in [5.74, 6) is 0. The normalized spacial score (nSPS) is 25.4. The summed E-state index contributed by atoms with van der Waals surface area (Å²) in [5, 5.41) is 0. The fourth-order valence-electron chi connectivity index (χ4n) is 1.20. The molecule has 0 saturated carbocycles. The minimum atomic E-state index is 0.305. The third-order valence-corrected chi connectivity index (χ3v) is 1.78. The largest absolute Gasteiger partial charge is 0.376 e. The van der Waals surface area contributed by atoms with E-state index in [1.165, 1.54) is 12.8 Å². The molecule has 1 rings (SSSR count). The summed E-state index contributed by atoms with van der Waals surface area (Å²) in [5.41, 5.74) is 0. The van der Waals surface area contributed by atoms with Crippen molar-refractivity contribution in [3.8, 4) is 0 Å². The molecule has 1 fully saturated rings. The topological polar surface area (TPSA) is 27.7 Å². The Morgan fingerprint density at radius 1 is 1.45 bits per heavy atom. The van der Waals surface area contributed by atoms with Gasteiger partial charge in [-0.05, 0) is 19.3 Å². The minimum absolute atomic E-state index is 0.305. The van der Waals surface area contributed by atoms with E-state index in [2.05, 4.69) is 0 Å². The third kappa shape index (κ3) is 3.70. The van der Waals surface area contributed by atoms with Crippen molar-refractivity contribution < 1.29 is 14.2 Å². The number of methoxy groups -OCH3 is 1. The van der Waals surface area contributed by atoms with Crippen LogP contribution in [0.2, 0.25) is 0 Å². The van der Waals surface area contributed by atoms with Gasteiger partial charge in [-0.25, -0.2) is 0 Å². The van der Waals surface area contributed by atoms with Gasteiger partial charge in [-0.3, -0.25) is 0 Å². The molecule has 0 aromatic heterocycles. The third-order valence-electron chi connectivity index (χ3n) is 1.78. The van der Waals surface area contributed by atoms with Gasteiger partial charge in [-0.15, -0.1) is 0 Å². The zero-order chi connectivity index (χ0) is 7.94. The average molecular weight is 160 g/mol. The van der Waals surface area contributed by atoms with Gasteiger partial charge in [-0.2, -0.15) is 0 Å². The SMILES string of the molecule is COCOCC1CCCCO1. The van der Waals surface area contributed by atoms with Gasteiger partial charge in [0.05, 0.1) is 12.7 Å². The zero-order valence-electron chi connectivity index (χ0n) is 7.04. The van der Waals surface area contributed by atoms with E-state index in [4.69, 9.17) is 14.2 Å². The minimum Gasteiger partial charge on any atom is -0.376 e. The second-order valence-corrected chi connectivity index (χ2v) is 2.77. The van der Waals surface area contributed by atoms with Crippen molar-refractivity contribution in [2.45, 2.75) is 25.4 Å². The summed E-state index contributed by atoms with van der Waals surface area (Å²) < 4.78 is 15.4. The molecule has 0 spiro atoms. The molecule has 3 heteroatoms. The maximum absolute atomic E-state index is 5.44. The molecule has 1 heterocycles. The van der Waals surface area contributed by atoms with Crippen molar-refractivity contribution in [3.63, 3.8) is 0 Å². The Balaban J connectivity index is 1.96. The molecule has 3 nitrogen and oxygen atoms in total. The lowest BCUT2D eigenvalue weighted by Gasteiger charge is -2.21. The first kappa shape index (κ1) is 8.97. The molecule has 11 heavy (non-hydrogen) atoms. The van der Waals surface area contributed by atoms with E-state index >= 15 is 0 Å². The Morgan fingerprint density at radius 3 is 3.00 bits per heavy atom. The van der Waals surface area contributed by atoms with Crippen LogP contribution < -0.4 is 0 Å². The van der Waals surface area contributed by atoms with Crippen LogP contribution in [0, 0.1) is 0 Å². The Hall–Kier alpha value is -0.120. The first-order valence-electron chi connectivity index (χ1n) is 4.12. The molecule has 66 valence electrons. The molecule has 0 aromatic carbocycles. The van der Waals surface area contributed by atoms with Crippen LogP contribution in [0.4, 0.5) is 0 Å². The number of hydrogen-bond donors (Lipinski definition) is 0. The summed E-state index contributed by atoms with van der Waals surface area (Å²) in [6, 6.07) is 0. The van der Waals surface area contributed by atoms with E-state index in [9.17, 15) is 0 Å². The van der Waals surface area contributed by atoms with Crippen LogP contribution in [0.1, 0.15) is 19.3 Å². The average Bonchev–Trinajstić information content (AvgIpc) is 2.07. The van der Waals surface area contributed by atoms with Crippen LogP contribution in [0.15, 0.2) is 0 Å². The lowest BCUT2D eigenvalue weighted by Crippen LogP contribution is -2.24. The van der Waals surface area contributed by atoms with Crippen LogP contribution >= 0.6 is 0 Å². The lowest BCUT2D eigenvalue weighted by atomic mass is 10.1. The Bertz CT molecular complexity index is 89.3. The van der Waals surface area contributed by atoms with Gasteiger partial charge in [0.15, 0.2) is 0 Å². The van der Waals surface area contributed by atoms with E-state index in [1.54, 1.807) is 7.11 Å². The smallest absolute Gasteiger partial charge is 0.146 e. The fourth-order valence-corrected chi connectivity index (χ4v) is 1.20. The second-order valence-electron chi connectivity index (χ2n) is 2.77. The number of rotatable bonds is 4. The lowest BCUT2D eigenvalue weighted by molar-refractivity contribution is -0.0903. The molecule has 0 aliphatic carbocycles. The van der Waals surface area contributed by atoms with Gasteiger partial charge in [0.1, 0.15) is 6.79 Å². The van der Waals surface area contributed by atoms with E-state index in [-0.39, 0.29) is 0 Å². The van der Waals surface area contributed by atoms with Crippen molar-refractivity contribution in [3.05, 3.63) is 0 Å². The van der Waals surface area contributed by atoms with Crippen LogP contribution in [0.5, 0.6) is 0 Å². The summed E-state index contributed by atoms with van der Waals surface area (Å²) in [4.78, 5) is 0. The van der Waals surface area contributed by atoms with Crippen molar-refractivity contribution in [1.82, 2.24) is 0 Å². The standard InChI is InChI=1S/C8H16O3/c1-9-7-10-6-8-4-2-3-5-11-8/h8H,2-7H2,1H3. The molecule has 0 N–H and O–H groups in total. The predicted molar refractivity (Wildman–Crippen MR) is 41.4 cm³/mol. The molecular weight excluding hydrogens is 144 g/mol. The van der Waals surface area contributed by atoms with E-state index in [1.807, 2.05) is 0 Å². The van der Waals surface area contributed by atoms with E-state index in [0.717, 1.165) is 13.0 Å². The van der Waals surface area contributed by atoms with Gasteiger partial charge in [0, 0.05) is 13.7 Å². The van der Waals surface area contributed by atoms with E-state index in [0.29, 0.717) is 19.5 Å². The predicted octanol–water partition coefficient (Wildman–Crippen LogP) is 1.18. The highest BCUT2D eigenvalue weighted by molar-refractivity contribution is 4.61. The molecule has 1 aliphatic heterocycles. The Kier molecular flexibility index (Phi) is 4.50. The Labute approximate surface area is 67.6 Å². The monoisotopic (exact) mass is 160 g/mol. The van der Waals surface area contributed by atoms with Crippen molar-refractivity contribution in [1.29, 1.82) is 0 Å². The van der Waals surface area contributed by atoms with E-state index < -0.39 is 0 Å². The highest BCUT2D eigenvalue weighted by Crippen LogP contribution is 2.12. The molecule has 0 amide bonds. The first-order valence-corrected chi connectivity index (χ1v) is 4.12. The highest BCUT2D eigenvalue weighted by atomic mass is 16.7. The molecular formula is C8H16O3. The van der Waals surface area contributed by atoms with Crippen molar-refractivity contribution in [2.24, 2.45) is 0 Å². The van der Waals surface area contributed by atoms with Crippen molar-refractivity contribution in [2.75, 3.05) is 27.1 Å². The Morgan fingerprint density at radius 2 is 2.36 bits per heavy atom. The molecule has 1 unspecified atom stereocenters. The summed E-state index contributed by atoms with van der Waals surface area (Å²) >= 11 is 0. The highest BCUT2D eigenvalue weighted by Gasteiger charge is 2.12. The first-order chi connectivity index (χ1) is 5.43. The number of ether oxygens (including phenoxy) is 3. The van der Waals surface area contributed by atoms with Crippen LogP contribution in [0.25, 0.3) is 0 Å². The second kappa shape index (κ2) is 5.52. The van der Waals surface area contributed by atoms with Gasteiger partial charge in [-0.1, -0.05) is 0 Å². The molecule has 1 saturated heterocycles. The summed E-state index contributed by atoms with van der Waals surface area (Å²) in [6.07, 6.45) is 3.89. The quantitative estimate of drug-likeness (QED) is 0.456.